The van der Waals surface area contributed by atoms with Crippen molar-refractivity contribution in [3.05, 3.63) is 65.5 Å². The fraction of sp³-hybridized carbons (Fsp3) is 0.200. The second kappa shape index (κ2) is 8.86. The van der Waals surface area contributed by atoms with Gasteiger partial charge in [-0.2, -0.15) is 18.3 Å². The third-order valence-electron chi connectivity index (χ3n) is 4.08. The molecule has 0 aliphatic carbocycles. The Kier molecular flexibility index (Phi) is 6.23. The lowest BCUT2D eigenvalue weighted by atomic mass is 10.2. The minimum Gasteiger partial charge on any atom is -0.452 e. The van der Waals surface area contributed by atoms with Crippen LogP contribution < -0.4 is 10.6 Å². The molecule has 2 heterocycles. The van der Waals surface area contributed by atoms with E-state index in [0.29, 0.717) is 11.5 Å². The summed E-state index contributed by atoms with van der Waals surface area (Å²) >= 11 is 0. The third-order valence-corrected chi connectivity index (χ3v) is 4.08. The van der Waals surface area contributed by atoms with Crippen LogP contribution in [0.1, 0.15) is 21.6 Å². The van der Waals surface area contributed by atoms with Crippen molar-refractivity contribution < 1.29 is 27.5 Å². The predicted molar refractivity (Wildman–Crippen MR) is 106 cm³/mol. The standard InChI is InChI=1S/C20H18F3N5O3/c1-12-9-16(28(2)27-12)26-17(29)11-31-19(30)15-7-4-8-24-18(15)25-14-6-3-5-13(10-14)20(21,22)23/h3-10H,11H2,1-2H3,(H,24,25)(H,26,29). The van der Waals surface area contributed by atoms with Gasteiger partial charge in [0.15, 0.2) is 6.61 Å². The van der Waals surface area contributed by atoms with E-state index >= 15 is 0 Å². The number of carbonyl (C=O) groups is 2. The van der Waals surface area contributed by atoms with Gasteiger partial charge < -0.3 is 15.4 Å². The number of hydrogen-bond donors (Lipinski definition) is 2. The molecule has 162 valence electrons. The number of amides is 1. The highest BCUT2D eigenvalue weighted by Crippen LogP contribution is 2.31. The number of esters is 1. The van der Waals surface area contributed by atoms with Gasteiger partial charge in [-0.05, 0) is 37.3 Å². The maximum Gasteiger partial charge on any atom is 0.416 e. The molecule has 2 N–H and O–H groups in total. The van der Waals surface area contributed by atoms with Crippen molar-refractivity contribution in [3.63, 3.8) is 0 Å². The summed E-state index contributed by atoms with van der Waals surface area (Å²) in [5, 5.41) is 9.33. The van der Waals surface area contributed by atoms with Crippen LogP contribution in [0.2, 0.25) is 0 Å². The number of ether oxygens (including phenoxy) is 1. The van der Waals surface area contributed by atoms with Crippen LogP contribution in [0, 0.1) is 6.92 Å². The molecule has 0 spiro atoms. The van der Waals surface area contributed by atoms with E-state index in [1.54, 1.807) is 20.0 Å². The zero-order valence-electron chi connectivity index (χ0n) is 16.5. The number of anilines is 3. The number of nitrogens with zero attached hydrogens (tertiary/aromatic N) is 3. The molecule has 1 amide bonds. The molecule has 0 aliphatic heterocycles. The topological polar surface area (TPSA) is 98.1 Å². The Morgan fingerprint density at radius 1 is 1.16 bits per heavy atom. The number of pyridine rings is 1. The SMILES string of the molecule is Cc1cc(NC(=O)COC(=O)c2cccnc2Nc2cccc(C(F)(F)F)c2)n(C)n1. The van der Waals surface area contributed by atoms with Gasteiger partial charge in [0.25, 0.3) is 5.91 Å². The fourth-order valence-electron chi connectivity index (χ4n) is 2.70. The van der Waals surface area contributed by atoms with E-state index in [1.165, 1.54) is 35.1 Å². The Morgan fingerprint density at radius 3 is 2.61 bits per heavy atom. The molecule has 3 rings (SSSR count). The molecule has 31 heavy (non-hydrogen) atoms. The molecule has 11 heteroatoms. The van der Waals surface area contributed by atoms with E-state index in [9.17, 15) is 22.8 Å². The van der Waals surface area contributed by atoms with Crippen LogP contribution in [0.5, 0.6) is 0 Å². The number of halogens is 3. The number of aromatic nitrogens is 3. The molecule has 8 nitrogen and oxygen atoms in total. The molecule has 3 aromatic rings. The summed E-state index contributed by atoms with van der Waals surface area (Å²) in [5.41, 5.74) is -0.0916. The van der Waals surface area contributed by atoms with Crippen LogP contribution in [0.3, 0.4) is 0 Å². The summed E-state index contributed by atoms with van der Waals surface area (Å²) in [6.45, 7) is 1.19. The minimum atomic E-state index is -4.51. The molecule has 2 aromatic heterocycles. The molecule has 0 atom stereocenters. The van der Waals surface area contributed by atoms with E-state index in [-0.39, 0.29) is 17.1 Å². The predicted octanol–water partition coefficient (Wildman–Crippen LogP) is 3.68. The highest BCUT2D eigenvalue weighted by atomic mass is 19.4. The van der Waals surface area contributed by atoms with Gasteiger partial charge in [0.1, 0.15) is 17.2 Å². The monoisotopic (exact) mass is 433 g/mol. The Hall–Kier alpha value is -3.89. The van der Waals surface area contributed by atoms with Crippen LogP contribution in [0.25, 0.3) is 0 Å². The number of nitrogens with one attached hydrogen (secondary N) is 2. The minimum absolute atomic E-state index is 0.00510. The molecule has 0 radical (unpaired) electrons. The smallest absolute Gasteiger partial charge is 0.416 e. The van der Waals surface area contributed by atoms with E-state index in [1.807, 2.05) is 0 Å². The average Bonchev–Trinajstić information content (AvgIpc) is 3.02. The lowest BCUT2D eigenvalue weighted by Gasteiger charge is -2.12. The molecule has 0 saturated carbocycles. The first-order valence-electron chi connectivity index (χ1n) is 9.00. The van der Waals surface area contributed by atoms with Crippen LogP contribution >= 0.6 is 0 Å². The van der Waals surface area contributed by atoms with Gasteiger partial charge in [-0.15, -0.1) is 0 Å². The zero-order chi connectivity index (χ0) is 22.6. The summed E-state index contributed by atoms with van der Waals surface area (Å²) in [6, 6.07) is 8.96. The van der Waals surface area contributed by atoms with Gasteiger partial charge >= 0.3 is 12.1 Å². The number of hydrogen-bond acceptors (Lipinski definition) is 6. The van der Waals surface area contributed by atoms with Crippen LogP contribution in [0.15, 0.2) is 48.7 Å². The van der Waals surface area contributed by atoms with E-state index in [4.69, 9.17) is 4.74 Å². The van der Waals surface area contributed by atoms with E-state index in [2.05, 4.69) is 20.7 Å². The van der Waals surface area contributed by atoms with Crippen molar-refractivity contribution in [3.8, 4) is 0 Å². The summed E-state index contributed by atoms with van der Waals surface area (Å²) in [4.78, 5) is 28.5. The van der Waals surface area contributed by atoms with Crippen molar-refractivity contribution in [1.82, 2.24) is 14.8 Å². The van der Waals surface area contributed by atoms with Crippen molar-refractivity contribution in [2.45, 2.75) is 13.1 Å². The van der Waals surface area contributed by atoms with Crippen molar-refractivity contribution in [2.24, 2.45) is 7.05 Å². The lowest BCUT2D eigenvalue weighted by Crippen LogP contribution is -2.22. The number of carbonyl (C=O) groups excluding carboxylic acids is 2. The molecular weight excluding hydrogens is 415 g/mol. The zero-order valence-corrected chi connectivity index (χ0v) is 16.5. The van der Waals surface area contributed by atoms with Gasteiger partial charge in [0.2, 0.25) is 0 Å². The fourth-order valence-corrected chi connectivity index (χ4v) is 2.70. The average molecular weight is 433 g/mol. The summed E-state index contributed by atoms with van der Waals surface area (Å²) in [6.07, 6.45) is -3.15. The Balaban J connectivity index is 1.67. The maximum atomic E-state index is 12.9. The summed E-state index contributed by atoms with van der Waals surface area (Å²) in [5.74, 6) is -1.01. The molecular formula is C20H18F3N5O3. The number of rotatable bonds is 6. The second-order valence-corrected chi connectivity index (χ2v) is 6.52. The van der Waals surface area contributed by atoms with Gasteiger partial charge in [0.05, 0.1) is 11.3 Å². The first-order valence-corrected chi connectivity index (χ1v) is 9.00. The van der Waals surface area contributed by atoms with Crippen LogP contribution in [-0.2, 0) is 22.8 Å². The Labute approximate surface area is 175 Å². The van der Waals surface area contributed by atoms with Crippen molar-refractivity contribution in [2.75, 3.05) is 17.2 Å². The van der Waals surface area contributed by atoms with Crippen molar-refractivity contribution in [1.29, 1.82) is 0 Å². The van der Waals surface area contributed by atoms with E-state index < -0.39 is 30.2 Å². The second-order valence-electron chi connectivity index (χ2n) is 6.52. The van der Waals surface area contributed by atoms with Gasteiger partial charge in [0, 0.05) is 25.0 Å². The molecule has 0 saturated heterocycles. The highest BCUT2D eigenvalue weighted by Gasteiger charge is 2.30. The first kappa shape index (κ1) is 21.8. The van der Waals surface area contributed by atoms with Crippen molar-refractivity contribution >= 4 is 29.2 Å². The van der Waals surface area contributed by atoms with Crippen LogP contribution in [0.4, 0.5) is 30.5 Å². The first-order chi connectivity index (χ1) is 14.6. The summed E-state index contributed by atoms with van der Waals surface area (Å²) < 4.78 is 45.2. The largest absolute Gasteiger partial charge is 0.452 e. The quantitative estimate of drug-likeness (QED) is 0.576. The van der Waals surface area contributed by atoms with Gasteiger partial charge in [-0.25, -0.2) is 9.78 Å². The highest BCUT2D eigenvalue weighted by molar-refractivity contribution is 5.98. The van der Waals surface area contributed by atoms with E-state index in [0.717, 1.165) is 12.1 Å². The Bertz CT molecular complexity index is 1110. The Morgan fingerprint density at radius 2 is 1.94 bits per heavy atom. The molecule has 0 bridgehead atoms. The lowest BCUT2D eigenvalue weighted by molar-refractivity contribution is -0.137. The van der Waals surface area contributed by atoms with Gasteiger partial charge in [-0.1, -0.05) is 6.07 Å². The number of aryl methyl sites for hydroxylation is 2. The normalized spacial score (nSPS) is 11.1. The molecule has 0 unspecified atom stereocenters. The summed E-state index contributed by atoms with van der Waals surface area (Å²) in [7, 11) is 1.65. The molecule has 0 aliphatic rings. The number of benzene rings is 1. The maximum absolute atomic E-state index is 12.9. The van der Waals surface area contributed by atoms with Gasteiger partial charge in [-0.3, -0.25) is 9.48 Å². The third kappa shape index (κ3) is 5.59. The van der Waals surface area contributed by atoms with Crippen LogP contribution in [-0.4, -0.2) is 33.2 Å². The molecule has 0 fully saturated rings. The molecule has 1 aromatic carbocycles. The number of alkyl halides is 3.